The van der Waals surface area contributed by atoms with Gasteiger partial charge >= 0.3 is 5.97 Å². The molecule has 3 rings (SSSR count). The van der Waals surface area contributed by atoms with E-state index in [4.69, 9.17) is 4.42 Å². The second kappa shape index (κ2) is 9.14. The molecule has 0 bridgehead atoms. The van der Waals surface area contributed by atoms with Crippen LogP contribution in [0.5, 0.6) is 0 Å². The van der Waals surface area contributed by atoms with Crippen molar-refractivity contribution in [2.75, 3.05) is 12.4 Å². The average Bonchev–Trinajstić information content (AvgIpc) is 3.29. The zero-order chi connectivity index (χ0) is 20.6. The van der Waals surface area contributed by atoms with Crippen LogP contribution in [0, 0.1) is 0 Å². The minimum Gasteiger partial charge on any atom is -0.465 e. The molecule has 0 aliphatic heterocycles. The van der Waals surface area contributed by atoms with E-state index in [1.54, 1.807) is 54.6 Å². The molecule has 2 aromatic carbocycles. The number of furan rings is 1. The lowest BCUT2D eigenvalue weighted by molar-refractivity contribution is 0.0600. The van der Waals surface area contributed by atoms with Crippen LogP contribution in [0.4, 0.5) is 5.69 Å². The number of amides is 2. The van der Waals surface area contributed by atoms with Gasteiger partial charge in [0.25, 0.3) is 11.8 Å². The molecule has 8 nitrogen and oxygen atoms in total. The molecule has 0 fully saturated rings. The van der Waals surface area contributed by atoms with E-state index in [0.29, 0.717) is 16.8 Å². The highest BCUT2D eigenvalue weighted by molar-refractivity contribution is 6.08. The van der Waals surface area contributed by atoms with E-state index < -0.39 is 17.8 Å². The summed E-state index contributed by atoms with van der Waals surface area (Å²) in [7, 11) is 1.31. The molecule has 0 saturated carbocycles. The number of methoxy groups -OCH3 is 1. The van der Waals surface area contributed by atoms with Gasteiger partial charge in [0, 0.05) is 0 Å². The molecule has 0 atom stereocenters. The van der Waals surface area contributed by atoms with Gasteiger partial charge in [-0.1, -0.05) is 24.3 Å². The van der Waals surface area contributed by atoms with Gasteiger partial charge in [0.15, 0.2) is 5.76 Å². The summed E-state index contributed by atoms with van der Waals surface area (Å²) in [5.74, 6) is -1.27. The Balaban J connectivity index is 1.66. The smallest absolute Gasteiger partial charge is 0.337 e. The standard InChI is InChI=1S/C21H17N3O5/c1-28-21(27)15-10-8-14(9-11-15)13-22-24-19(25)16-5-2-3-6-17(16)23-20(26)18-7-4-12-29-18/h2-13H,1H3,(H,23,26)(H,24,25). The Bertz CT molecular complexity index is 1040. The van der Waals surface area contributed by atoms with Crippen molar-refractivity contribution in [3.63, 3.8) is 0 Å². The van der Waals surface area contributed by atoms with Gasteiger partial charge in [-0.15, -0.1) is 0 Å². The molecular formula is C21H17N3O5. The van der Waals surface area contributed by atoms with E-state index >= 15 is 0 Å². The van der Waals surface area contributed by atoms with E-state index in [2.05, 4.69) is 20.6 Å². The third kappa shape index (κ3) is 4.95. The number of benzene rings is 2. The summed E-state index contributed by atoms with van der Waals surface area (Å²) >= 11 is 0. The van der Waals surface area contributed by atoms with E-state index in [0.717, 1.165) is 0 Å². The summed E-state index contributed by atoms with van der Waals surface area (Å²) in [5.41, 5.74) is 4.06. The highest BCUT2D eigenvalue weighted by Gasteiger charge is 2.15. The minimum absolute atomic E-state index is 0.133. The van der Waals surface area contributed by atoms with Crippen LogP contribution >= 0.6 is 0 Å². The van der Waals surface area contributed by atoms with Crippen LogP contribution in [0.3, 0.4) is 0 Å². The fourth-order valence-corrected chi connectivity index (χ4v) is 2.43. The first-order valence-electron chi connectivity index (χ1n) is 8.54. The summed E-state index contributed by atoms with van der Waals surface area (Å²) in [4.78, 5) is 36.0. The van der Waals surface area contributed by atoms with Crippen LogP contribution in [0.15, 0.2) is 76.4 Å². The van der Waals surface area contributed by atoms with Gasteiger partial charge in [-0.05, 0) is 42.0 Å². The van der Waals surface area contributed by atoms with Gasteiger partial charge in [-0.3, -0.25) is 9.59 Å². The number of hydrogen-bond acceptors (Lipinski definition) is 6. The Kier molecular flexibility index (Phi) is 6.16. The monoisotopic (exact) mass is 391 g/mol. The highest BCUT2D eigenvalue weighted by atomic mass is 16.5. The van der Waals surface area contributed by atoms with Crippen LogP contribution in [0.2, 0.25) is 0 Å². The molecule has 2 amide bonds. The fourth-order valence-electron chi connectivity index (χ4n) is 2.43. The van der Waals surface area contributed by atoms with Gasteiger partial charge in [0.05, 0.1) is 36.4 Å². The van der Waals surface area contributed by atoms with Gasteiger partial charge < -0.3 is 14.5 Å². The summed E-state index contributed by atoms with van der Waals surface area (Å²) in [6.07, 6.45) is 2.82. The highest BCUT2D eigenvalue weighted by Crippen LogP contribution is 2.16. The van der Waals surface area contributed by atoms with Crippen molar-refractivity contribution in [2.24, 2.45) is 5.10 Å². The third-order valence-electron chi connectivity index (χ3n) is 3.88. The normalized spacial score (nSPS) is 10.5. The number of rotatable bonds is 6. The van der Waals surface area contributed by atoms with Crippen molar-refractivity contribution in [2.45, 2.75) is 0 Å². The molecule has 0 radical (unpaired) electrons. The number of nitrogens with zero attached hydrogens (tertiary/aromatic N) is 1. The van der Waals surface area contributed by atoms with Crippen LogP contribution in [-0.4, -0.2) is 31.1 Å². The molecule has 3 aromatic rings. The second-order valence-corrected chi connectivity index (χ2v) is 5.79. The quantitative estimate of drug-likeness (QED) is 0.381. The molecule has 29 heavy (non-hydrogen) atoms. The fraction of sp³-hybridized carbons (Fsp3) is 0.0476. The SMILES string of the molecule is COC(=O)c1ccc(C=NNC(=O)c2ccccc2NC(=O)c2ccco2)cc1. The summed E-state index contributed by atoms with van der Waals surface area (Å²) < 4.78 is 9.68. The van der Waals surface area contributed by atoms with Crippen LogP contribution in [0.1, 0.15) is 36.8 Å². The Labute approximate surface area is 166 Å². The first kappa shape index (κ1) is 19.6. The topological polar surface area (TPSA) is 110 Å². The number of hydrazone groups is 1. The molecule has 2 N–H and O–H groups in total. The first-order chi connectivity index (χ1) is 14.1. The Morgan fingerprint density at radius 3 is 2.41 bits per heavy atom. The van der Waals surface area contributed by atoms with E-state index in [1.165, 1.54) is 25.7 Å². The Hall–Kier alpha value is -4.20. The third-order valence-corrected chi connectivity index (χ3v) is 3.88. The van der Waals surface area contributed by atoms with Crippen molar-refractivity contribution >= 4 is 29.7 Å². The van der Waals surface area contributed by atoms with Crippen molar-refractivity contribution in [3.05, 3.63) is 89.4 Å². The minimum atomic E-state index is -0.497. The number of nitrogens with one attached hydrogen (secondary N) is 2. The zero-order valence-corrected chi connectivity index (χ0v) is 15.4. The lowest BCUT2D eigenvalue weighted by atomic mass is 10.1. The molecule has 0 spiro atoms. The van der Waals surface area contributed by atoms with E-state index in [1.807, 2.05) is 0 Å². The van der Waals surface area contributed by atoms with Crippen LogP contribution in [0.25, 0.3) is 0 Å². The Morgan fingerprint density at radius 2 is 1.72 bits per heavy atom. The average molecular weight is 391 g/mol. The summed E-state index contributed by atoms with van der Waals surface area (Å²) in [6, 6.07) is 16.2. The van der Waals surface area contributed by atoms with Crippen LogP contribution < -0.4 is 10.7 Å². The molecule has 8 heteroatoms. The zero-order valence-electron chi connectivity index (χ0n) is 15.4. The molecule has 1 heterocycles. The summed E-state index contributed by atoms with van der Waals surface area (Å²) in [5, 5.41) is 6.55. The van der Waals surface area contributed by atoms with Gasteiger partial charge in [-0.25, -0.2) is 10.2 Å². The molecule has 146 valence electrons. The lowest BCUT2D eigenvalue weighted by Crippen LogP contribution is -2.21. The molecule has 0 unspecified atom stereocenters. The van der Waals surface area contributed by atoms with Gasteiger partial charge in [0.1, 0.15) is 0 Å². The molecule has 0 saturated heterocycles. The molecule has 0 aliphatic carbocycles. The molecule has 1 aromatic heterocycles. The van der Waals surface area contributed by atoms with Crippen molar-refractivity contribution in [1.82, 2.24) is 5.43 Å². The first-order valence-corrected chi connectivity index (χ1v) is 8.54. The predicted octanol–water partition coefficient (Wildman–Crippen LogP) is 3.08. The maximum absolute atomic E-state index is 12.4. The number of ether oxygens (including phenoxy) is 1. The molecular weight excluding hydrogens is 374 g/mol. The number of anilines is 1. The number of para-hydroxylation sites is 1. The van der Waals surface area contributed by atoms with Crippen molar-refractivity contribution in [1.29, 1.82) is 0 Å². The van der Waals surface area contributed by atoms with Crippen molar-refractivity contribution < 1.29 is 23.5 Å². The maximum Gasteiger partial charge on any atom is 0.337 e. The number of carbonyl (C=O) groups is 3. The van der Waals surface area contributed by atoms with Crippen LogP contribution in [-0.2, 0) is 4.74 Å². The maximum atomic E-state index is 12.4. The number of esters is 1. The predicted molar refractivity (Wildman–Crippen MR) is 106 cm³/mol. The van der Waals surface area contributed by atoms with E-state index in [-0.39, 0.29) is 11.3 Å². The summed E-state index contributed by atoms with van der Waals surface area (Å²) in [6.45, 7) is 0. The Morgan fingerprint density at radius 1 is 0.966 bits per heavy atom. The lowest BCUT2D eigenvalue weighted by Gasteiger charge is -2.08. The van der Waals surface area contributed by atoms with Gasteiger partial charge in [-0.2, -0.15) is 5.10 Å². The number of hydrogen-bond donors (Lipinski definition) is 2. The van der Waals surface area contributed by atoms with Gasteiger partial charge in [0.2, 0.25) is 0 Å². The molecule has 0 aliphatic rings. The largest absolute Gasteiger partial charge is 0.465 e. The van der Waals surface area contributed by atoms with Crippen molar-refractivity contribution in [3.8, 4) is 0 Å². The van der Waals surface area contributed by atoms with E-state index in [9.17, 15) is 14.4 Å². The second-order valence-electron chi connectivity index (χ2n) is 5.79. The number of carbonyl (C=O) groups excluding carboxylic acids is 3.